The minimum Gasteiger partial charge on any atom is -0.508 e. The Bertz CT molecular complexity index is 591. The Morgan fingerprint density at radius 2 is 2.14 bits per heavy atom. The lowest BCUT2D eigenvalue weighted by molar-refractivity contribution is -0.149. The highest BCUT2D eigenvalue weighted by Crippen LogP contribution is 2.34. The molecule has 0 aromatic heterocycles. The summed E-state index contributed by atoms with van der Waals surface area (Å²) in [5, 5.41) is 16.2. The first kappa shape index (κ1) is 16.3. The number of phenols is 1. The van der Waals surface area contributed by atoms with Gasteiger partial charge in [-0.1, -0.05) is 24.8 Å². The number of carbonyl (C=O) groups excluding carboxylic acids is 1. The Labute approximate surface area is 134 Å². The molecule has 1 fully saturated rings. The molecule has 1 heterocycles. The van der Waals surface area contributed by atoms with Crippen LogP contribution in [-0.2, 0) is 14.3 Å². The molecule has 0 amide bonds. The number of benzene rings is 1. The molecule has 118 valence electrons. The predicted molar refractivity (Wildman–Crippen MR) is 85.2 cm³/mol. The first-order valence-electron chi connectivity index (χ1n) is 6.74. The van der Waals surface area contributed by atoms with E-state index in [0.717, 1.165) is 0 Å². The monoisotopic (exact) mass is 322 g/mol. The maximum atomic E-state index is 12.3. The van der Waals surface area contributed by atoms with Gasteiger partial charge in [-0.05, 0) is 18.3 Å². The van der Waals surface area contributed by atoms with Crippen molar-refractivity contribution in [3.05, 3.63) is 42.1 Å². The normalized spacial score (nSPS) is 21.0. The van der Waals surface area contributed by atoms with Gasteiger partial charge >= 0.3 is 5.97 Å². The van der Waals surface area contributed by atoms with Crippen molar-refractivity contribution >= 4 is 23.3 Å². The Morgan fingerprint density at radius 1 is 1.41 bits per heavy atom. The molecule has 0 bridgehead atoms. The van der Waals surface area contributed by atoms with E-state index in [2.05, 4.69) is 17.2 Å². The topological polar surface area (TPSA) is 79.8 Å². The molecule has 7 heteroatoms. The lowest BCUT2D eigenvalue weighted by Crippen LogP contribution is -2.51. The van der Waals surface area contributed by atoms with Crippen LogP contribution < -0.4 is 10.6 Å². The minimum absolute atomic E-state index is 0.0761. The number of para-hydroxylation sites is 1. The van der Waals surface area contributed by atoms with Crippen molar-refractivity contribution in [1.82, 2.24) is 10.6 Å². The first-order chi connectivity index (χ1) is 10.5. The van der Waals surface area contributed by atoms with E-state index < -0.39 is 17.9 Å². The van der Waals surface area contributed by atoms with E-state index >= 15 is 0 Å². The number of ether oxygens (including phenoxy) is 2. The van der Waals surface area contributed by atoms with Crippen molar-refractivity contribution in [3.8, 4) is 5.75 Å². The number of methoxy groups -OCH3 is 1. The van der Waals surface area contributed by atoms with Crippen LogP contribution in [-0.4, -0.2) is 36.5 Å². The molecule has 2 rings (SSSR count). The number of esters is 1. The quantitative estimate of drug-likeness (QED) is 0.427. The van der Waals surface area contributed by atoms with Gasteiger partial charge in [-0.25, -0.2) is 0 Å². The molecule has 0 unspecified atom stereocenters. The summed E-state index contributed by atoms with van der Waals surface area (Å²) in [6, 6.07) is 6.22. The second-order valence-corrected chi connectivity index (χ2v) is 5.21. The van der Waals surface area contributed by atoms with Gasteiger partial charge < -0.3 is 25.2 Å². The Kier molecular flexibility index (Phi) is 5.35. The lowest BCUT2D eigenvalue weighted by Gasteiger charge is -2.35. The zero-order valence-electron chi connectivity index (χ0n) is 12.2. The molecule has 2 atom stereocenters. The van der Waals surface area contributed by atoms with E-state index in [1.807, 2.05) is 0 Å². The Morgan fingerprint density at radius 3 is 2.82 bits per heavy atom. The summed E-state index contributed by atoms with van der Waals surface area (Å²) in [7, 11) is 1.53. The number of rotatable bonds is 5. The molecule has 0 aliphatic carbocycles. The number of aromatic hydroxyl groups is 1. The molecule has 0 saturated carbocycles. The van der Waals surface area contributed by atoms with Gasteiger partial charge in [0.1, 0.15) is 18.3 Å². The fraction of sp³-hybridized carbons (Fsp3) is 0.333. The molecule has 1 aromatic carbocycles. The molecule has 1 aliphatic rings. The summed E-state index contributed by atoms with van der Waals surface area (Å²) in [6.45, 7) is 4.31. The van der Waals surface area contributed by atoms with E-state index in [4.69, 9.17) is 21.7 Å². The smallest absolute Gasteiger partial charge is 0.317 e. The Hall–Kier alpha value is -2.12. The number of nitrogens with one attached hydrogen (secondary N) is 2. The molecule has 3 N–H and O–H groups in total. The maximum absolute atomic E-state index is 12.3. The zero-order chi connectivity index (χ0) is 16.1. The summed E-state index contributed by atoms with van der Waals surface area (Å²) < 4.78 is 10.1. The number of thiocarbonyl (C=S) groups is 1. The van der Waals surface area contributed by atoms with Crippen LogP contribution in [0.1, 0.15) is 11.6 Å². The third kappa shape index (κ3) is 3.55. The van der Waals surface area contributed by atoms with E-state index in [1.54, 1.807) is 24.3 Å². The van der Waals surface area contributed by atoms with E-state index in [-0.39, 0.29) is 12.4 Å². The average molecular weight is 322 g/mol. The number of carbonyl (C=O) groups is 1. The molecule has 1 saturated heterocycles. The molecule has 6 nitrogen and oxygen atoms in total. The van der Waals surface area contributed by atoms with Crippen LogP contribution in [0.15, 0.2) is 36.5 Å². The van der Waals surface area contributed by atoms with Crippen molar-refractivity contribution < 1.29 is 19.4 Å². The fourth-order valence-electron chi connectivity index (χ4n) is 2.29. The van der Waals surface area contributed by atoms with Gasteiger partial charge in [0, 0.05) is 18.4 Å². The zero-order valence-corrected chi connectivity index (χ0v) is 13.0. The summed E-state index contributed by atoms with van der Waals surface area (Å²) >= 11 is 5.11. The summed E-state index contributed by atoms with van der Waals surface area (Å²) in [4.78, 5) is 12.3. The predicted octanol–water partition coefficient (Wildman–Crippen LogP) is 1.23. The second kappa shape index (κ2) is 7.24. The molecular formula is C15H18N2O4S. The SMILES string of the molecule is C=C1NC(=S)N[C@@H](c2ccccc2O)[C@@H]1C(=O)OCCOC. The summed E-state index contributed by atoms with van der Waals surface area (Å²) in [6.07, 6.45) is 0. The lowest BCUT2D eigenvalue weighted by atomic mass is 9.88. The number of hydrogen-bond acceptors (Lipinski definition) is 5. The van der Waals surface area contributed by atoms with Crippen LogP contribution in [0.3, 0.4) is 0 Å². The van der Waals surface area contributed by atoms with Crippen molar-refractivity contribution in [2.45, 2.75) is 6.04 Å². The number of hydrogen-bond donors (Lipinski definition) is 3. The fourth-order valence-corrected chi connectivity index (χ4v) is 2.55. The van der Waals surface area contributed by atoms with Crippen LogP contribution in [0.25, 0.3) is 0 Å². The molecule has 1 aliphatic heterocycles. The second-order valence-electron chi connectivity index (χ2n) is 4.80. The van der Waals surface area contributed by atoms with Gasteiger partial charge in [-0.2, -0.15) is 0 Å². The highest BCUT2D eigenvalue weighted by molar-refractivity contribution is 7.80. The Balaban J connectivity index is 2.26. The standard InChI is InChI=1S/C15H18N2O4S/c1-9-12(14(19)21-8-7-20-2)13(17-15(22)16-9)10-5-3-4-6-11(10)18/h3-6,12-13,18H,1,7-8H2,2H3,(H2,16,17,22)/t12-,13+/m1/s1. The molecule has 0 spiro atoms. The van der Waals surface area contributed by atoms with Crippen LogP contribution in [0, 0.1) is 5.92 Å². The number of phenolic OH excluding ortho intramolecular Hbond substituents is 1. The van der Waals surface area contributed by atoms with Gasteiger partial charge in [-0.15, -0.1) is 0 Å². The molecule has 22 heavy (non-hydrogen) atoms. The van der Waals surface area contributed by atoms with Crippen molar-refractivity contribution in [1.29, 1.82) is 0 Å². The molecule has 1 aromatic rings. The average Bonchev–Trinajstić information content (AvgIpc) is 2.47. The van der Waals surface area contributed by atoms with Gasteiger partial charge in [-0.3, -0.25) is 4.79 Å². The van der Waals surface area contributed by atoms with Crippen molar-refractivity contribution in [2.75, 3.05) is 20.3 Å². The van der Waals surface area contributed by atoms with E-state index in [1.165, 1.54) is 7.11 Å². The van der Waals surface area contributed by atoms with Crippen LogP contribution in [0.4, 0.5) is 0 Å². The largest absolute Gasteiger partial charge is 0.508 e. The van der Waals surface area contributed by atoms with Gasteiger partial charge in [0.25, 0.3) is 0 Å². The summed E-state index contributed by atoms with van der Waals surface area (Å²) in [5.41, 5.74) is 0.987. The van der Waals surface area contributed by atoms with Crippen molar-refractivity contribution in [3.63, 3.8) is 0 Å². The van der Waals surface area contributed by atoms with E-state index in [0.29, 0.717) is 23.0 Å². The maximum Gasteiger partial charge on any atom is 0.317 e. The van der Waals surface area contributed by atoms with E-state index in [9.17, 15) is 9.90 Å². The molecule has 0 radical (unpaired) electrons. The van der Waals surface area contributed by atoms with Crippen LogP contribution in [0.5, 0.6) is 5.75 Å². The van der Waals surface area contributed by atoms with Gasteiger partial charge in [0.15, 0.2) is 5.11 Å². The highest BCUT2D eigenvalue weighted by Gasteiger charge is 2.38. The van der Waals surface area contributed by atoms with Gasteiger partial charge in [0.05, 0.1) is 12.6 Å². The highest BCUT2D eigenvalue weighted by atomic mass is 32.1. The third-order valence-electron chi connectivity index (χ3n) is 3.33. The van der Waals surface area contributed by atoms with Gasteiger partial charge in [0.2, 0.25) is 0 Å². The minimum atomic E-state index is -0.711. The van der Waals surface area contributed by atoms with Crippen LogP contribution >= 0.6 is 12.2 Å². The third-order valence-corrected chi connectivity index (χ3v) is 3.55. The van der Waals surface area contributed by atoms with Crippen LogP contribution in [0.2, 0.25) is 0 Å². The summed E-state index contributed by atoms with van der Waals surface area (Å²) in [5.74, 6) is -1.10. The molecular weight excluding hydrogens is 304 g/mol. The van der Waals surface area contributed by atoms with Crippen molar-refractivity contribution in [2.24, 2.45) is 5.92 Å². The first-order valence-corrected chi connectivity index (χ1v) is 7.15.